The molecule has 0 saturated carbocycles. The Morgan fingerprint density at radius 2 is 2.00 bits per heavy atom. The topological polar surface area (TPSA) is 97.1 Å². The van der Waals surface area contributed by atoms with Crippen LogP contribution in [0.1, 0.15) is 0 Å². The third kappa shape index (κ3) is 4.28. The number of halogens is 1. The second-order valence-corrected chi connectivity index (χ2v) is 4.72. The van der Waals surface area contributed by atoms with E-state index in [1.54, 1.807) is 0 Å². The minimum atomic E-state index is -0.585. The molecule has 21 heavy (non-hydrogen) atoms. The maximum Gasteiger partial charge on any atom is 0.321 e. The normalized spacial score (nSPS) is 10.2. The maximum absolute atomic E-state index is 12.8. The van der Waals surface area contributed by atoms with E-state index in [9.17, 15) is 14.0 Å². The first kappa shape index (κ1) is 15.0. The van der Waals surface area contributed by atoms with Crippen LogP contribution in [-0.2, 0) is 4.79 Å². The van der Waals surface area contributed by atoms with Gasteiger partial charge in [0.15, 0.2) is 0 Å². The molecule has 0 aliphatic heterocycles. The molecule has 0 saturated heterocycles. The zero-order valence-corrected chi connectivity index (χ0v) is 11.7. The number of nitrogens with zero attached hydrogens (tertiary/aromatic N) is 2. The Balaban J connectivity index is 1.93. The molecule has 2 rings (SSSR count). The van der Waals surface area contributed by atoms with Gasteiger partial charge in [-0.3, -0.25) is 10.1 Å². The van der Waals surface area contributed by atoms with Gasteiger partial charge in [0.05, 0.1) is 5.75 Å². The van der Waals surface area contributed by atoms with Crippen LogP contribution in [0.2, 0.25) is 0 Å². The van der Waals surface area contributed by atoms with Crippen molar-refractivity contribution in [2.45, 2.75) is 5.22 Å². The van der Waals surface area contributed by atoms with Crippen molar-refractivity contribution in [3.05, 3.63) is 30.1 Å². The molecule has 0 spiro atoms. The summed E-state index contributed by atoms with van der Waals surface area (Å²) in [5.74, 6) is -0.665. The molecule has 0 radical (unpaired) electrons. The van der Waals surface area contributed by atoms with Crippen LogP contribution in [0.25, 0.3) is 11.5 Å². The van der Waals surface area contributed by atoms with Gasteiger partial charge in [0.2, 0.25) is 11.8 Å². The number of carbonyl (C=O) groups is 2. The summed E-state index contributed by atoms with van der Waals surface area (Å²) in [5.41, 5.74) is 0.575. The van der Waals surface area contributed by atoms with Gasteiger partial charge in [-0.05, 0) is 24.3 Å². The van der Waals surface area contributed by atoms with Crippen molar-refractivity contribution in [2.75, 3.05) is 12.8 Å². The molecular weight excluding hydrogens is 299 g/mol. The third-order valence-electron chi connectivity index (χ3n) is 2.30. The van der Waals surface area contributed by atoms with Crippen LogP contribution in [0.15, 0.2) is 33.9 Å². The Kier molecular flexibility index (Phi) is 4.88. The molecule has 0 fully saturated rings. The Morgan fingerprint density at radius 1 is 1.29 bits per heavy atom. The van der Waals surface area contributed by atoms with E-state index in [-0.39, 0.29) is 22.7 Å². The van der Waals surface area contributed by atoms with Crippen LogP contribution in [0.3, 0.4) is 0 Å². The minimum Gasteiger partial charge on any atom is -0.411 e. The number of nitrogens with one attached hydrogen (secondary N) is 2. The molecular formula is C12H11FN4O3S. The zero-order chi connectivity index (χ0) is 15.2. The van der Waals surface area contributed by atoms with Crippen LogP contribution < -0.4 is 10.6 Å². The van der Waals surface area contributed by atoms with E-state index < -0.39 is 11.9 Å². The van der Waals surface area contributed by atoms with Crippen molar-refractivity contribution in [1.82, 2.24) is 20.8 Å². The second-order valence-electron chi connectivity index (χ2n) is 3.80. The van der Waals surface area contributed by atoms with E-state index >= 15 is 0 Å². The summed E-state index contributed by atoms with van der Waals surface area (Å²) in [6, 6.07) is 5.00. The van der Waals surface area contributed by atoms with Crippen LogP contribution in [0.5, 0.6) is 0 Å². The first-order valence-corrected chi connectivity index (χ1v) is 6.81. The average molecular weight is 310 g/mol. The number of rotatable bonds is 4. The highest BCUT2D eigenvalue weighted by molar-refractivity contribution is 7.99. The predicted molar refractivity (Wildman–Crippen MR) is 73.0 cm³/mol. The van der Waals surface area contributed by atoms with Crippen molar-refractivity contribution in [2.24, 2.45) is 0 Å². The SMILES string of the molecule is CNC(=O)NC(=O)CSc1nnc(-c2ccc(F)cc2)o1. The number of thioether (sulfide) groups is 1. The standard InChI is InChI=1S/C12H11FN4O3S/c1-14-11(19)15-9(18)6-21-12-17-16-10(20-12)7-2-4-8(13)5-3-7/h2-5H,6H2,1H3,(H2,14,15,18,19). The summed E-state index contributed by atoms with van der Waals surface area (Å²) in [6.45, 7) is 0. The molecule has 1 heterocycles. The Labute approximate surface area is 123 Å². The summed E-state index contributed by atoms with van der Waals surface area (Å²) in [5, 5.41) is 12.1. The summed E-state index contributed by atoms with van der Waals surface area (Å²) in [7, 11) is 1.41. The number of aromatic nitrogens is 2. The Hall–Kier alpha value is -2.42. The van der Waals surface area contributed by atoms with E-state index in [4.69, 9.17) is 4.42 Å². The summed E-state index contributed by atoms with van der Waals surface area (Å²) >= 11 is 0.993. The fourth-order valence-electron chi connectivity index (χ4n) is 1.33. The van der Waals surface area contributed by atoms with E-state index in [0.717, 1.165) is 11.8 Å². The number of benzene rings is 1. The third-order valence-corrected chi connectivity index (χ3v) is 3.12. The smallest absolute Gasteiger partial charge is 0.321 e. The highest BCUT2D eigenvalue weighted by Gasteiger charge is 2.12. The fraction of sp³-hybridized carbons (Fsp3) is 0.167. The summed E-state index contributed by atoms with van der Waals surface area (Å²) in [4.78, 5) is 22.3. The van der Waals surface area contributed by atoms with E-state index in [0.29, 0.717) is 5.56 Å². The molecule has 2 aromatic rings. The lowest BCUT2D eigenvalue weighted by atomic mass is 10.2. The van der Waals surface area contributed by atoms with Gasteiger partial charge < -0.3 is 9.73 Å². The quantitative estimate of drug-likeness (QED) is 0.829. The molecule has 0 atom stereocenters. The Morgan fingerprint density at radius 3 is 2.67 bits per heavy atom. The van der Waals surface area contributed by atoms with Gasteiger partial charge in [-0.1, -0.05) is 11.8 Å². The van der Waals surface area contributed by atoms with Crippen molar-refractivity contribution in [3.8, 4) is 11.5 Å². The van der Waals surface area contributed by atoms with E-state index in [2.05, 4.69) is 20.8 Å². The van der Waals surface area contributed by atoms with Gasteiger partial charge in [-0.25, -0.2) is 9.18 Å². The minimum absolute atomic E-state index is 0.0432. The van der Waals surface area contributed by atoms with Gasteiger partial charge in [-0.2, -0.15) is 0 Å². The fourth-order valence-corrected chi connectivity index (χ4v) is 1.89. The van der Waals surface area contributed by atoms with Crippen LogP contribution in [0.4, 0.5) is 9.18 Å². The lowest BCUT2D eigenvalue weighted by Gasteiger charge is -2.00. The number of imide groups is 1. The largest absolute Gasteiger partial charge is 0.411 e. The number of carbonyl (C=O) groups excluding carboxylic acids is 2. The number of hydrogen-bond donors (Lipinski definition) is 2. The van der Waals surface area contributed by atoms with Crippen molar-refractivity contribution in [1.29, 1.82) is 0 Å². The second kappa shape index (κ2) is 6.84. The maximum atomic E-state index is 12.8. The molecule has 1 aromatic carbocycles. The highest BCUT2D eigenvalue weighted by Crippen LogP contribution is 2.23. The zero-order valence-electron chi connectivity index (χ0n) is 10.9. The number of amides is 3. The molecule has 110 valence electrons. The molecule has 1 aromatic heterocycles. The Bertz CT molecular complexity index is 644. The first-order valence-electron chi connectivity index (χ1n) is 5.82. The molecule has 0 aliphatic rings. The van der Waals surface area contributed by atoms with Gasteiger partial charge in [0, 0.05) is 12.6 Å². The van der Waals surface area contributed by atoms with Crippen LogP contribution in [0, 0.1) is 5.82 Å². The van der Waals surface area contributed by atoms with Gasteiger partial charge in [0.25, 0.3) is 5.22 Å². The molecule has 9 heteroatoms. The van der Waals surface area contributed by atoms with Gasteiger partial charge in [0.1, 0.15) is 5.82 Å². The first-order chi connectivity index (χ1) is 10.1. The molecule has 0 aliphatic carbocycles. The lowest BCUT2D eigenvalue weighted by Crippen LogP contribution is -2.38. The molecule has 0 unspecified atom stereocenters. The van der Waals surface area contributed by atoms with Crippen LogP contribution in [-0.4, -0.2) is 34.9 Å². The van der Waals surface area contributed by atoms with Gasteiger partial charge >= 0.3 is 6.03 Å². The van der Waals surface area contributed by atoms with Crippen molar-refractivity contribution < 1.29 is 18.4 Å². The average Bonchev–Trinajstić information content (AvgIpc) is 2.94. The molecule has 2 N–H and O–H groups in total. The number of urea groups is 1. The number of hydrogen-bond acceptors (Lipinski definition) is 6. The molecule has 7 nitrogen and oxygen atoms in total. The van der Waals surface area contributed by atoms with Crippen molar-refractivity contribution in [3.63, 3.8) is 0 Å². The summed E-state index contributed by atoms with van der Waals surface area (Å²) < 4.78 is 18.1. The van der Waals surface area contributed by atoms with Gasteiger partial charge in [-0.15, -0.1) is 10.2 Å². The lowest BCUT2D eigenvalue weighted by molar-refractivity contribution is -0.117. The van der Waals surface area contributed by atoms with E-state index in [1.165, 1.54) is 31.3 Å². The van der Waals surface area contributed by atoms with E-state index in [1.807, 2.05) is 0 Å². The molecule has 0 bridgehead atoms. The predicted octanol–water partition coefficient (Wildman–Crippen LogP) is 1.42. The highest BCUT2D eigenvalue weighted by atomic mass is 32.2. The van der Waals surface area contributed by atoms with Crippen LogP contribution >= 0.6 is 11.8 Å². The van der Waals surface area contributed by atoms with Crippen molar-refractivity contribution >= 4 is 23.7 Å². The molecule has 3 amide bonds. The monoisotopic (exact) mass is 310 g/mol. The summed E-state index contributed by atoms with van der Waals surface area (Å²) in [6.07, 6.45) is 0.